The maximum atomic E-state index is 13.1. The molecule has 1 aliphatic rings. The summed E-state index contributed by atoms with van der Waals surface area (Å²) in [6.45, 7) is 7.22. The smallest absolute Gasteiger partial charge is 0.256 e. The van der Waals surface area contributed by atoms with Gasteiger partial charge in [-0.2, -0.15) is 0 Å². The highest BCUT2D eigenvalue weighted by atomic mass is 16.7. The molecule has 4 rings (SSSR count). The third-order valence-electron chi connectivity index (χ3n) is 5.31. The Labute approximate surface area is 188 Å². The van der Waals surface area contributed by atoms with Gasteiger partial charge in [-0.3, -0.25) is 9.79 Å². The predicted molar refractivity (Wildman–Crippen MR) is 125 cm³/mol. The van der Waals surface area contributed by atoms with Crippen molar-refractivity contribution in [1.29, 1.82) is 0 Å². The minimum Gasteiger partial charge on any atom is -0.457 e. The van der Waals surface area contributed by atoms with E-state index in [9.17, 15) is 4.79 Å². The number of ether oxygens (including phenoxy) is 3. The zero-order valence-corrected chi connectivity index (χ0v) is 18.5. The van der Waals surface area contributed by atoms with Crippen molar-refractivity contribution in [3.05, 3.63) is 77.9 Å². The molecule has 0 aromatic heterocycles. The van der Waals surface area contributed by atoms with E-state index in [1.165, 1.54) is 0 Å². The molecule has 6 heteroatoms. The second kappa shape index (κ2) is 9.56. The summed E-state index contributed by atoms with van der Waals surface area (Å²) in [5, 5.41) is 0. The number of amides is 1. The minimum absolute atomic E-state index is 0.0774. The molecule has 1 amide bonds. The quantitative estimate of drug-likeness (QED) is 0.443. The number of nitrogens with zero attached hydrogens (tertiary/aromatic N) is 2. The molecule has 6 nitrogen and oxygen atoms in total. The standard InChI is InChI=1S/C26H26N2O4/c1-4-28(5-2)26(29)22-15-24-25(31-17-30-24)16-23(22)27-18(3)19-11-13-21(14-12-19)32-20-9-7-6-8-10-20/h6-16H,4-5,17H2,1-3H3. The van der Waals surface area contributed by atoms with Crippen molar-refractivity contribution < 1.29 is 19.0 Å². The predicted octanol–water partition coefficient (Wildman–Crippen LogP) is 5.83. The van der Waals surface area contributed by atoms with Crippen molar-refractivity contribution in [1.82, 2.24) is 4.90 Å². The normalized spacial score (nSPS) is 12.5. The lowest BCUT2D eigenvalue weighted by atomic mass is 10.1. The van der Waals surface area contributed by atoms with Gasteiger partial charge in [-0.15, -0.1) is 0 Å². The Balaban J connectivity index is 1.63. The number of benzene rings is 3. The molecule has 0 bridgehead atoms. The number of hydrogen-bond donors (Lipinski definition) is 0. The molecule has 0 saturated heterocycles. The van der Waals surface area contributed by atoms with E-state index in [-0.39, 0.29) is 12.7 Å². The first-order valence-corrected chi connectivity index (χ1v) is 10.7. The fourth-order valence-corrected chi connectivity index (χ4v) is 3.51. The highest BCUT2D eigenvalue weighted by Gasteiger charge is 2.23. The Hall–Kier alpha value is -3.80. The molecular weight excluding hydrogens is 404 g/mol. The fraction of sp³-hybridized carbons (Fsp3) is 0.231. The lowest BCUT2D eigenvalue weighted by molar-refractivity contribution is 0.0773. The summed E-state index contributed by atoms with van der Waals surface area (Å²) < 4.78 is 16.9. The maximum Gasteiger partial charge on any atom is 0.256 e. The van der Waals surface area contributed by atoms with E-state index in [4.69, 9.17) is 19.2 Å². The molecule has 164 valence electrons. The Bertz CT molecular complexity index is 1120. The minimum atomic E-state index is -0.0774. The van der Waals surface area contributed by atoms with Crippen LogP contribution < -0.4 is 14.2 Å². The highest BCUT2D eigenvalue weighted by molar-refractivity contribution is 6.04. The van der Waals surface area contributed by atoms with Crippen LogP contribution in [0.15, 0.2) is 71.7 Å². The Morgan fingerprint density at radius 3 is 2.22 bits per heavy atom. The van der Waals surface area contributed by atoms with E-state index in [0.29, 0.717) is 35.8 Å². The zero-order valence-electron chi connectivity index (χ0n) is 18.5. The number of aliphatic imine (C=N–C) groups is 1. The van der Waals surface area contributed by atoms with Crippen molar-refractivity contribution in [2.45, 2.75) is 20.8 Å². The van der Waals surface area contributed by atoms with Gasteiger partial charge < -0.3 is 19.1 Å². The Morgan fingerprint density at radius 1 is 0.938 bits per heavy atom. The van der Waals surface area contributed by atoms with E-state index in [2.05, 4.69) is 0 Å². The van der Waals surface area contributed by atoms with E-state index < -0.39 is 0 Å². The van der Waals surface area contributed by atoms with Crippen molar-refractivity contribution in [2.75, 3.05) is 19.9 Å². The summed E-state index contributed by atoms with van der Waals surface area (Å²) in [6, 6.07) is 20.9. The molecule has 3 aromatic rings. The van der Waals surface area contributed by atoms with E-state index in [1.807, 2.05) is 75.4 Å². The topological polar surface area (TPSA) is 60.4 Å². The largest absolute Gasteiger partial charge is 0.457 e. The van der Waals surface area contributed by atoms with Crippen LogP contribution in [0.1, 0.15) is 36.7 Å². The molecule has 1 aliphatic heterocycles. The van der Waals surface area contributed by atoms with Gasteiger partial charge in [0.25, 0.3) is 5.91 Å². The molecule has 1 heterocycles. The average Bonchev–Trinajstić information content (AvgIpc) is 3.28. The highest BCUT2D eigenvalue weighted by Crippen LogP contribution is 2.39. The molecule has 0 radical (unpaired) electrons. The van der Waals surface area contributed by atoms with Crippen molar-refractivity contribution in [3.63, 3.8) is 0 Å². The van der Waals surface area contributed by atoms with E-state index >= 15 is 0 Å². The molecule has 0 aliphatic carbocycles. The van der Waals surface area contributed by atoms with Gasteiger partial charge in [0.2, 0.25) is 6.79 Å². The molecule has 0 saturated carbocycles. The van der Waals surface area contributed by atoms with Crippen LogP contribution in [0.25, 0.3) is 0 Å². The molecule has 32 heavy (non-hydrogen) atoms. The molecule has 3 aromatic carbocycles. The van der Waals surface area contributed by atoms with Crippen molar-refractivity contribution in [3.8, 4) is 23.0 Å². The number of carbonyl (C=O) groups excluding carboxylic acids is 1. The van der Waals surface area contributed by atoms with Crippen molar-refractivity contribution in [2.24, 2.45) is 4.99 Å². The molecular formula is C26H26N2O4. The van der Waals surface area contributed by atoms with Crippen LogP contribution in [0.5, 0.6) is 23.0 Å². The number of rotatable bonds is 7. The fourth-order valence-electron chi connectivity index (χ4n) is 3.51. The average molecular weight is 431 g/mol. The third kappa shape index (κ3) is 4.59. The van der Waals surface area contributed by atoms with Gasteiger partial charge in [0.05, 0.1) is 11.3 Å². The summed E-state index contributed by atoms with van der Waals surface area (Å²) in [5.41, 5.74) is 2.78. The van der Waals surface area contributed by atoms with Gasteiger partial charge >= 0.3 is 0 Å². The monoisotopic (exact) mass is 430 g/mol. The summed E-state index contributed by atoms with van der Waals surface area (Å²) in [4.78, 5) is 19.7. The molecule has 0 unspecified atom stereocenters. The van der Waals surface area contributed by atoms with Crippen LogP contribution in [-0.2, 0) is 0 Å². The van der Waals surface area contributed by atoms with Crippen LogP contribution >= 0.6 is 0 Å². The third-order valence-corrected chi connectivity index (χ3v) is 5.31. The Morgan fingerprint density at radius 2 is 1.56 bits per heavy atom. The van der Waals surface area contributed by atoms with Gasteiger partial charge in [0.15, 0.2) is 11.5 Å². The second-order valence-electron chi connectivity index (χ2n) is 7.34. The van der Waals surface area contributed by atoms with Crippen LogP contribution in [0, 0.1) is 0 Å². The van der Waals surface area contributed by atoms with Crippen molar-refractivity contribution >= 4 is 17.3 Å². The Kier molecular flexibility index (Phi) is 6.40. The number of para-hydroxylation sites is 1. The van der Waals surface area contributed by atoms with Crippen LogP contribution in [0.3, 0.4) is 0 Å². The van der Waals surface area contributed by atoms with E-state index in [0.717, 1.165) is 22.8 Å². The first-order chi connectivity index (χ1) is 15.6. The molecule has 0 spiro atoms. The van der Waals surface area contributed by atoms with Gasteiger partial charge in [-0.25, -0.2) is 0 Å². The molecule has 0 N–H and O–H groups in total. The second-order valence-corrected chi connectivity index (χ2v) is 7.34. The number of carbonyl (C=O) groups is 1. The van der Waals surface area contributed by atoms with E-state index in [1.54, 1.807) is 17.0 Å². The van der Waals surface area contributed by atoms with Gasteiger partial charge in [0, 0.05) is 24.9 Å². The molecule has 0 atom stereocenters. The zero-order chi connectivity index (χ0) is 22.5. The summed E-state index contributed by atoms with van der Waals surface area (Å²) in [6.07, 6.45) is 0. The summed E-state index contributed by atoms with van der Waals surface area (Å²) in [5.74, 6) is 2.61. The summed E-state index contributed by atoms with van der Waals surface area (Å²) >= 11 is 0. The SMILES string of the molecule is CCN(CC)C(=O)c1cc2c(cc1N=C(C)c1ccc(Oc3ccccc3)cc1)OCO2. The molecule has 0 fully saturated rings. The van der Waals surface area contributed by atoms with Gasteiger partial charge in [0.1, 0.15) is 11.5 Å². The maximum absolute atomic E-state index is 13.1. The number of fused-ring (bicyclic) bond motifs is 1. The lowest BCUT2D eigenvalue weighted by Gasteiger charge is -2.20. The van der Waals surface area contributed by atoms with Gasteiger partial charge in [-0.1, -0.05) is 18.2 Å². The number of hydrogen-bond acceptors (Lipinski definition) is 5. The van der Waals surface area contributed by atoms with Crippen LogP contribution in [0.2, 0.25) is 0 Å². The van der Waals surface area contributed by atoms with Gasteiger partial charge in [-0.05, 0) is 68.8 Å². The first-order valence-electron chi connectivity index (χ1n) is 10.7. The van der Waals surface area contributed by atoms with Crippen LogP contribution in [0.4, 0.5) is 5.69 Å². The van der Waals surface area contributed by atoms with Crippen LogP contribution in [-0.4, -0.2) is 36.4 Å². The lowest BCUT2D eigenvalue weighted by Crippen LogP contribution is -2.30. The first kappa shape index (κ1) is 21.4. The summed E-state index contributed by atoms with van der Waals surface area (Å²) in [7, 11) is 0.